The van der Waals surface area contributed by atoms with Gasteiger partial charge in [-0.15, -0.1) is 11.3 Å². The van der Waals surface area contributed by atoms with Crippen molar-refractivity contribution >= 4 is 50.9 Å². The second-order valence-corrected chi connectivity index (χ2v) is 13.7. The minimum atomic E-state index is -1.01. The summed E-state index contributed by atoms with van der Waals surface area (Å²) < 4.78 is 12.7. The van der Waals surface area contributed by atoms with Gasteiger partial charge < -0.3 is 14.4 Å². The molecule has 0 saturated carbocycles. The first-order valence-electron chi connectivity index (χ1n) is 16.7. The zero-order valence-electron chi connectivity index (χ0n) is 28.5. The molecule has 2 aliphatic rings. The Bertz CT molecular complexity index is 2160. The molecule has 1 unspecified atom stereocenters. The fourth-order valence-electron chi connectivity index (χ4n) is 6.18. The van der Waals surface area contributed by atoms with Crippen LogP contribution in [-0.2, 0) is 20.7 Å². The molecule has 260 valence electrons. The summed E-state index contributed by atoms with van der Waals surface area (Å²) in [4.78, 5) is 66.9. The first-order chi connectivity index (χ1) is 24.7. The number of aryl methyl sites for hydroxylation is 2. The van der Waals surface area contributed by atoms with E-state index < -0.39 is 29.7 Å². The van der Waals surface area contributed by atoms with Crippen LogP contribution < -0.4 is 15.0 Å². The number of piperidine rings is 1. The molecule has 7 rings (SSSR count). The van der Waals surface area contributed by atoms with Gasteiger partial charge in [0.15, 0.2) is 0 Å². The molecule has 1 saturated heterocycles. The fraction of sp³-hybridized carbons (Fsp3) is 0.289. The lowest BCUT2D eigenvalue weighted by Crippen LogP contribution is -2.54. The predicted molar refractivity (Wildman–Crippen MR) is 193 cm³/mol. The summed E-state index contributed by atoms with van der Waals surface area (Å²) in [5, 5.41) is 3.15. The third-order valence-corrected chi connectivity index (χ3v) is 10.0. The van der Waals surface area contributed by atoms with Gasteiger partial charge in [0.05, 0.1) is 33.6 Å². The quantitative estimate of drug-likeness (QED) is 0.136. The number of hydrogen-bond donors (Lipinski definition) is 1. The lowest BCUT2D eigenvalue weighted by molar-refractivity contribution is -0.136. The van der Waals surface area contributed by atoms with Crippen molar-refractivity contribution in [3.63, 3.8) is 0 Å². The monoisotopic (exact) mass is 704 g/mol. The zero-order chi connectivity index (χ0) is 35.6. The van der Waals surface area contributed by atoms with Gasteiger partial charge in [0.25, 0.3) is 11.8 Å². The average Bonchev–Trinajstić information content (AvgIpc) is 3.65. The summed E-state index contributed by atoms with van der Waals surface area (Å²) in [6.07, 6.45) is 5.46. The SMILES string of the molecule is Cc1cc(-c2ccc(CCCOCCOc3ccc4c(c3)C(=O)N(C3CCC(=O)NC3=O)C4=O)nc2)ncc1-c1nc2ccc(N(C)C)cc2s1. The highest BCUT2D eigenvalue weighted by molar-refractivity contribution is 7.21. The van der Waals surface area contributed by atoms with Gasteiger partial charge in [-0.2, -0.15) is 0 Å². The number of benzene rings is 2. The van der Waals surface area contributed by atoms with E-state index in [0.717, 1.165) is 66.7 Å². The number of aromatic nitrogens is 3. The van der Waals surface area contributed by atoms with Gasteiger partial charge in [-0.25, -0.2) is 4.98 Å². The highest BCUT2D eigenvalue weighted by Gasteiger charge is 2.44. The minimum absolute atomic E-state index is 0.0691. The number of ether oxygens (including phenoxy) is 2. The number of imide groups is 2. The number of nitrogens with one attached hydrogen (secondary N) is 1. The van der Waals surface area contributed by atoms with Crippen LogP contribution in [0.2, 0.25) is 0 Å². The van der Waals surface area contributed by atoms with E-state index >= 15 is 0 Å². The van der Waals surface area contributed by atoms with Gasteiger partial charge in [-0.05, 0) is 86.3 Å². The summed E-state index contributed by atoms with van der Waals surface area (Å²) in [7, 11) is 4.07. The molecule has 0 aliphatic carbocycles. The Morgan fingerprint density at radius 3 is 2.51 bits per heavy atom. The van der Waals surface area contributed by atoms with Crippen molar-refractivity contribution in [2.75, 3.05) is 38.8 Å². The van der Waals surface area contributed by atoms with Gasteiger partial charge >= 0.3 is 0 Å². The summed E-state index contributed by atoms with van der Waals surface area (Å²) >= 11 is 1.67. The van der Waals surface area contributed by atoms with E-state index in [1.807, 2.05) is 38.6 Å². The van der Waals surface area contributed by atoms with Crippen molar-refractivity contribution < 1.29 is 28.7 Å². The molecule has 1 atom stereocenters. The second kappa shape index (κ2) is 14.4. The molecule has 5 aromatic rings. The van der Waals surface area contributed by atoms with Gasteiger partial charge in [0, 0.05) is 62.0 Å². The number of carbonyl (C=O) groups excluding carboxylic acids is 4. The third-order valence-electron chi connectivity index (χ3n) is 8.98. The smallest absolute Gasteiger partial charge is 0.262 e. The summed E-state index contributed by atoms with van der Waals surface area (Å²) in [6, 6.07) is 16.1. The van der Waals surface area contributed by atoms with Crippen molar-refractivity contribution in [2.45, 2.75) is 38.6 Å². The molecule has 3 aromatic heterocycles. The number of amides is 4. The first-order valence-corrected chi connectivity index (χ1v) is 17.5. The molecule has 5 heterocycles. The number of anilines is 1. The maximum Gasteiger partial charge on any atom is 0.262 e. The van der Waals surface area contributed by atoms with Crippen LogP contribution in [0.25, 0.3) is 32.0 Å². The third kappa shape index (κ3) is 7.08. The zero-order valence-corrected chi connectivity index (χ0v) is 29.3. The Morgan fingerprint density at radius 2 is 1.75 bits per heavy atom. The van der Waals surface area contributed by atoms with E-state index in [-0.39, 0.29) is 30.6 Å². The van der Waals surface area contributed by atoms with Crippen LogP contribution >= 0.6 is 11.3 Å². The van der Waals surface area contributed by atoms with Crippen LogP contribution in [0, 0.1) is 6.92 Å². The average molecular weight is 705 g/mol. The number of carbonyl (C=O) groups is 4. The standard InChI is InChI=1S/C38H36N6O6S/c1-22-17-31(40-21-29(22)36-41-30-11-8-25(43(2)3)18-33(30)51-36)23-6-7-24(39-20-23)5-4-14-49-15-16-50-26-9-10-27-28(19-26)38(48)44(37(27)47)32-12-13-34(45)42-35(32)46/h6-11,17-21,32H,4-5,12-16H2,1-3H3,(H,42,45,46). The molecule has 2 aromatic carbocycles. The van der Waals surface area contributed by atoms with E-state index in [4.69, 9.17) is 19.4 Å². The van der Waals surface area contributed by atoms with Gasteiger partial charge in [0.1, 0.15) is 23.4 Å². The van der Waals surface area contributed by atoms with E-state index in [2.05, 4.69) is 46.4 Å². The van der Waals surface area contributed by atoms with E-state index in [0.29, 0.717) is 19.0 Å². The van der Waals surface area contributed by atoms with Crippen LogP contribution in [0.4, 0.5) is 5.69 Å². The molecule has 1 fully saturated rings. The Kier molecular flexibility index (Phi) is 9.56. The summed E-state index contributed by atoms with van der Waals surface area (Å²) in [5.41, 5.74) is 7.41. The van der Waals surface area contributed by atoms with Crippen molar-refractivity contribution in [3.8, 4) is 27.6 Å². The van der Waals surface area contributed by atoms with Crippen molar-refractivity contribution in [1.29, 1.82) is 0 Å². The molecule has 0 spiro atoms. The molecular weight excluding hydrogens is 669 g/mol. The molecule has 1 N–H and O–H groups in total. The Morgan fingerprint density at radius 1 is 0.902 bits per heavy atom. The van der Waals surface area contributed by atoms with Crippen molar-refractivity contribution in [2.24, 2.45) is 0 Å². The van der Waals surface area contributed by atoms with Gasteiger partial charge in [-0.3, -0.25) is 39.4 Å². The van der Waals surface area contributed by atoms with Crippen LogP contribution in [0.5, 0.6) is 5.75 Å². The Hall–Kier alpha value is -5.53. The number of rotatable bonds is 12. The molecule has 0 bridgehead atoms. The van der Waals surface area contributed by atoms with E-state index in [1.54, 1.807) is 17.4 Å². The van der Waals surface area contributed by atoms with Crippen LogP contribution in [0.1, 0.15) is 51.2 Å². The van der Waals surface area contributed by atoms with E-state index in [1.165, 1.54) is 12.1 Å². The Balaban J connectivity index is 0.857. The first kappa shape index (κ1) is 33.9. The molecule has 51 heavy (non-hydrogen) atoms. The molecule has 2 aliphatic heterocycles. The number of thiazole rings is 1. The van der Waals surface area contributed by atoms with Crippen molar-refractivity contribution in [1.82, 2.24) is 25.2 Å². The summed E-state index contributed by atoms with van der Waals surface area (Å²) in [6.45, 7) is 3.20. The lowest BCUT2D eigenvalue weighted by Gasteiger charge is -2.27. The Labute approximate surface area is 298 Å². The van der Waals surface area contributed by atoms with Crippen LogP contribution in [0.15, 0.2) is 67.0 Å². The number of pyridine rings is 2. The highest BCUT2D eigenvalue weighted by Crippen LogP contribution is 2.35. The molecule has 4 amide bonds. The fourth-order valence-corrected chi connectivity index (χ4v) is 7.26. The van der Waals surface area contributed by atoms with Gasteiger partial charge in [-0.1, -0.05) is 0 Å². The van der Waals surface area contributed by atoms with Crippen molar-refractivity contribution in [3.05, 3.63) is 89.4 Å². The second-order valence-electron chi connectivity index (χ2n) is 12.7. The number of hydrogen-bond acceptors (Lipinski definition) is 11. The summed E-state index contributed by atoms with van der Waals surface area (Å²) in [5.74, 6) is -1.76. The molecule has 13 heteroatoms. The van der Waals surface area contributed by atoms with Crippen LogP contribution in [-0.4, -0.2) is 83.4 Å². The minimum Gasteiger partial charge on any atom is -0.491 e. The molecule has 0 radical (unpaired) electrons. The number of fused-ring (bicyclic) bond motifs is 2. The number of nitrogens with zero attached hydrogens (tertiary/aromatic N) is 5. The largest absolute Gasteiger partial charge is 0.491 e. The van der Waals surface area contributed by atoms with E-state index in [9.17, 15) is 19.2 Å². The predicted octanol–water partition coefficient (Wildman–Crippen LogP) is 5.22. The normalized spacial score (nSPS) is 15.7. The topological polar surface area (TPSA) is 144 Å². The van der Waals surface area contributed by atoms with Crippen LogP contribution in [0.3, 0.4) is 0 Å². The molecular formula is C38H36N6O6S. The molecule has 12 nitrogen and oxygen atoms in total. The van der Waals surface area contributed by atoms with Gasteiger partial charge in [0.2, 0.25) is 11.8 Å². The lowest BCUT2D eigenvalue weighted by atomic mass is 10.0. The maximum absolute atomic E-state index is 13.0. The highest BCUT2D eigenvalue weighted by atomic mass is 32.1. The maximum atomic E-state index is 13.0.